The third-order valence-corrected chi connectivity index (χ3v) is 4.88. The van der Waals surface area contributed by atoms with Gasteiger partial charge in [-0.25, -0.2) is 10.4 Å². The Balaban J connectivity index is 1.72. The monoisotopic (exact) mass is 379 g/mol. The van der Waals surface area contributed by atoms with Gasteiger partial charge in [0.1, 0.15) is 15.6 Å². The van der Waals surface area contributed by atoms with E-state index in [-0.39, 0.29) is 12.0 Å². The number of para-hydroxylation sites is 1. The van der Waals surface area contributed by atoms with Gasteiger partial charge in [0.2, 0.25) is 0 Å². The van der Waals surface area contributed by atoms with E-state index in [4.69, 9.17) is 4.74 Å². The van der Waals surface area contributed by atoms with Crippen molar-refractivity contribution in [1.29, 1.82) is 0 Å². The Kier molecular flexibility index (Phi) is 5.98. The summed E-state index contributed by atoms with van der Waals surface area (Å²) in [5, 5.41) is 4.90. The molecule has 27 heavy (non-hydrogen) atoms. The van der Waals surface area contributed by atoms with Gasteiger partial charge >= 0.3 is 0 Å². The van der Waals surface area contributed by atoms with Crippen molar-refractivity contribution in [3.8, 4) is 16.3 Å². The maximum atomic E-state index is 12.5. The van der Waals surface area contributed by atoms with Crippen LogP contribution in [0.1, 0.15) is 34.8 Å². The van der Waals surface area contributed by atoms with E-state index in [9.17, 15) is 4.79 Å². The van der Waals surface area contributed by atoms with Crippen LogP contribution in [0.25, 0.3) is 10.6 Å². The topological polar surface area (TPSA) is 63.6 Å². The van der Waals surface area contributed by atoms with Crippen LogP contribution in [0.15, 0.2) is 59.7 Å². The second kappa shape index (κ2) is 8.60. The van der Waals surface area contributed by atoms with Gasteiger partial charge in [-0.2, -0.15) is 5.10 Å². The van der Waals surface area contributed by atoms with Crippen molar-refractivity contribution in [3.05, 3.63) is 70.7 Å². The van der Waals surface area contributed by atoms with Crippen LogP contribution in [-0.4, -0.2) is 23.2 Å². The first-order chi connectivity index (χ1) is 13.0. The van der Waals surface area contributed by atoms with Crippen LogP contribution in [0.4, 0.5) is 0 Å². The van der Waals surface area contributed by atoms with Gasteiger partial charge in [-0.3, -0.25) is 4.79 Å². The van der Waals surface area contributed by atoms with Gasteiger partial charge in [-0.1, -0.05) is 42.5 Å². The molecule has 6 heteroatoms. The highest BCUT2D eigenvalue weighted by atomic mass is 32.1. The van der Waals surface area contributed by atoms with Gasteiger partial charge in [0.05, 0.1) is 18.0 Å². The second-order valence-corrected chi connectivity index (χ2v) is 7.20. The number of thiazole rings is 1. The van der Waals surface area contributed by atoms with Crippen LogP contribution in [0.2, 0.25) is 0 Å². The molecule has 1 heterocycles. The average Bonchev–Trinajstić information content (AvgIpc) is 3.05. The standard InChI is InChI=1S/C21H21N3O2S/c1-14(2)26-18-12-8-7-11-17(18)13-22-24-20(25)19-15(3)23-21(27-19)16-9-5-4-6-10-16/h4-14H,1-3H3,(H,24,25)/b22-13+. The molecule has 0 aliphatic heterocycles. The first-order valence-corrected chi connectivity index (χ1v) is 9.48. The number of nitrogens with zero attached hydrogens (tertiary/aromatic N) is 2. The molecule has 2 aromatic carbocycles. The van der Waals surface area contributed by atoms with E-state index in [1.165, 1.54) is 11.3 Å². The van der Waals surface area contributed by atoms with Gasteiger partial charge in [0.25, 0.3) is 5.91 Å². The van der Waals surface area contributed by atoms with Gasteiger partial charge in [-0.05, 0) is 32.9 Å². The van der Waals surface area contributed by atoms with Gasteiger partial charge in [0, 0.05) is 11.1 Å². The number of aromatic nitrogens is 1. The molecule has 0 radical (unpaired) electrons. The molecule has 0 atom stereocenters. The highest BCUT2D eigenvalue weighted by Crippen LogP contribution is 2.27. The molecule has 5 nitrogen and oxygen atoms in total. The minimum Gasteiger partial charge on any atom is -0.490 e. The zero-order valence-electron chi connectivity index (χ0n) is 15.5. The second-order valence-electron chi connectivity index (χ2n) is 6.20. The number of nitrogens with one attached hydrogen (secondary N) is 1. The molecular formula is C21H21N3O2S. The number of hydrazone groups is 1. The fourth-order valence-corrected chi connectivity index (χ4v) is 3.43. The fraction of sp³-hybridized carbons (Fsp3) is 0.190. The Hall–Kier alpha value is -2.99. The summed E-state index contributed by atoms with van der Waals surface area (Å²) >= 11 is 1.36. The lowest BCUT2D eigenvalue weighted by atomic mass is 10.2. The molecular weight excluding hydrogens is 358 g/mol. The quantitative estimate of drug-likeness (QED) is 0.500. The molecule has 0 spiro atoms. The molecule has 1 aromatic heterocycles. The molecule has 0 aliphatic rings. The summed E-state index contributed by atoms with van der Waals surface area (Å²) in [6.45, 7) is 5.76. The van der Waals surface area contributed by atoms with Crippen molar-refractivity contribution >= 4 is 23.5 Å². The van der Waals surface area contributed by atoms with E-state index in [2.05, 4.69) is 15.5 Å². The third kappa shape index (κ3) is 4.80. The molecule has 1 amide bonds. The predicted molar refractivity (Wildman–Crippen MR) is 110 cm³/mol. The fourth-order valence-electron chi connectivity index (χ4n) is 2.47. The smallest absolute Gasteiger partial charge is 0.283 e. The molecule has 0 aliphatic carbocycles. The first-order valence-electron chi connectivity index (χ1n) is 8.66. The van der Waals surface area contributed by atoms with E-state index in [0.717, 1.165) is 21.9 Å². The Morgan fingerprint density at radius 1 is 1.15 bits per heavy atom. The van der Waals surface area contributed by atoms with Crippen LogP contribution in [0.5, 0.6) is 5.75 Å². The SMILES string of the molecule is Cc1nc(-c2ccccc2)sc1C(=O)N/N=C/c1ccccc1OC(C)C. The molecule has 0 unspecified atom stereocenters. The number of aryl methyl sites for hydroxylation is 1. The van der Waals surface area contributed by atoms with Crippen molar-refractivity contribution < 1.29 is 9.53 Å². The molecule has 0 saturated heterocycles. The normalized spacial score (nSPS) is 11.1. The Morgan fingerprint density at radius 3 is 2.59 bits per heavy atom. The summed E-state index contributed by atoms with van der Waals surface area (Å²) in [6, 6.07) is 17.4. The lowest BCUT2D eigenvalue weighted by Crippen LogP contribution is -2.17. The molecule has 138 valence electrons. The summed E-state index contributed by atoms with van der Waals surface area (Å²) in [5.74, 6) is 0.455. The van der Waals surface area contributed by atoms with Crippen molar-refractivity contribution in [2.24, 2.45) is 5.10 Å². The zero-order chi connectivity index (χ0) is 19.2. The lowest BCUT2D eigenvalue weighted by molar-refractivity contribution is 0.0958. The summed E-state index contributed by atoms with van der Waals surface area (Å²) in [6.07, 6.45) is 1.65. The average molecular weight is 379 g/mol. The highest BCUT2D eigenvalue weighted by molar-refractivity contribution is 7.17. The summed E-state index contributed by atoms with van der Waals surface area (Å²) in [7, 11) is 0. The molecule has 0 saturated carbocycles. The molecule has 3 rings (SSSR count). The minimum atomic E-state index is -0.273. The number of amides is 1. The lowest BCUT2D eigenvalue weighted by Gasteiger charge is -2.11. The Morgan fingerprint density at radius 2 is 1.85 bits per heavy atom. The molecule has 1 N–H and O–H groups in total. The summed E-state index contributed by atoms with van der Waals surface area (Å²) in [4.78, 5) is 17.5. The van der Waals surface area contributed by atoms with Crippen molar-refractivity contribution in [2.45, 2.75) is 26.9 Å². The Bertz CT molecular complexity index is 949. The van der Waals surface area contributed by atoms with Crippen LogP contribution in [-0.2, 0) is 0 Å². The maximum Gasteiger partial charge on any atom is 0.283 e. The van der Waals surface area contributed by atoms with Crippen molar-refractivity contribution in [2.75, 3.05) is 0 Å². The van der Waals surface area contributed by atoms with Crippen LogP contribution < -0.4 is 10.2 Å². The van der Waals surface area contributed by atoms with E-state index in [0.29, 0.717) is 10.6 Å². The van der Waals surface area contributed by atoms with Gasteiger partial charge < -0.3 is 4.74 Å². The molecule has 0 bridgehead atoms. The highest BCUT2D eigenvalue weighted by Gasteiger charge is 2.15. The number of hydrogen-bond donors (Lipinski definition) is 1. The van der Waals surface area contributed by atoms with Crippen molar-refractivity contribution in [1.82, 2.24) is 10.4 Å². The number of hydrogen-bond acceptors (Lipinski definition) is 5. The van der Waals surface area contributed by atoms with Crippen LogP contribution in [0, 0.1) is 6.92 Å². The van der Waals surface area contributed by atoms with E-state index in [1.807, 2.05) is 75.4 Å². The summed E-state index contributed by atoms with van der Waals surface area (Å²) in [5.41, 5.74) is 5.07. The van der Waals surface area contributed by atoms with Gasteiger partial charge in [-0.15, -0.1) is 11.3 Å². The molecule has 3 aromatic rings. The number of rotatable bonds is 6. The van der Waals surface area contributed by atoms with Crippen LogP contribution >= 0.6 is 11.3 Å². The molecule has 0 fully saturated rings. The number of carbonyl (C=O) groups is 1. The van der Waals surface area contributed by atoms with E-state index in [1.54, 1.807) is 6.21 Å². The zero-order valence-corrected chi connectivity index (χ0v) is 16.3. The first kappa shape index (κ1) is 18.8. The van der Waals surface area contributed by atoms with E-state index < -0.39 is 0 Å². The minimum absolute atomic E-state index is 0.0605. The largest absolute Gasteiger partial charge is 0.490 e. The van der Waals surface area contributed by atoms with Crippen molar-refractivity contribution in [3.63, 3.8) is 0 Å². The van der Waals surface area contributed by atoms with Gasteiger partial charge in [0.15, 0.2) is 0 Å². The van der Waals surface area contributed by atoms with E-state index >= 15 is 0 Å². The third-order valence-electron chi connectivity index (χ3n) is 3.67. The summed E-state index contributed by atoms with van der Waals surface area (Å²) < 4.78 is 5.75. The van der Waals surface area contributed by atoms with Crippen LogP contribution in [0.3, 0.4) is 0 Å². The predicted octanol–water partition coefficient (Wildman–Crippen LogP) is 4.67. The number of carbonyl (C=O) groups excluding carboxylic acids is 1. The number of benzene rings is 2. The maximum absolute atomic E-state index is 12.5. The Labute approximate surface area is 162 Å². The number of ether oxygens (including phenoxy) is 1.